The second-order valence-electron chi connectivity index (χ2n) is 5.86. The Labute approximate surface area is 142 Å². The van der Waals surface area contributed by atoms with Crippen LogP contribution in [0.4, 0.5) is 0 Å². The van der Waals surface area contributed by atoms with Crippen molar-refractivity contribution in [3.05, 3.63) is 48.0 Å². The molecule has 6 nitrogen and oxygen atoms in total. The second kappa shape index (κ2) is 7.77. The molecule has 0 saturated carbocycles. The number of likely N-dealkylation sites (N-methyl/N-ethyl adjacent to an activating group) is 1. The highest BCUT2D eigenvalue weighted by molar-refractivity contribution is 5.94. The molecule has 0 aliphatic carbocycles. The summed E-state index contributed by atoms with van der Waals surface area (Å²) in [4.78, 5) is 39.2. The third-order valence-corrected chi connectivity index (χ3v) is 4.23. The summed E-state index contributed by atoms with van der Waals surface area (Å²) in [6, 6.07) is 6.71. The molecule has 6 heteroatoms. The largest absolute Gasteiger partial charge is 0.355 e. The van der Waals surface area contributed by atoms with E-state index in [2.05, 4.69) is 11.9 Å². The summed E-state index contributed by atoms with van der Waals surface area (Å²) in [7, 11) is 3.31. The lowest BCUT2D eigenvalue weighted by atomic mass is 10.1. The summed E-state index contributed by atoms with van der Waals surface area (Å²) < 4.78 is 0. The molecule has 1 unspecified atom stereocenters. The fourth-order valence-corrected chi connectivity index (χ4v) is 2.92. The number of hydrogen-bond acceptors (Lipinski definition) is 3. The Hall–Kier alpha value is -2.63. The molecule has 1 aromatic rings. The zero-order valence-electron chi connectivity index (χ0n) is 14.1. The maximum absolute atomic E-state index is 12.6. The topological polar surface area (TPSA) is 69.7 Å². The van der Waals surface area contributed by atoms with Gasteiger partial charge in [-0.3, -0.25) is 14.4 Å². The van der Waals surface area contributed by atoms with Crippen LogP contribution < -0.4 is 5.32 Å². The predicted molar refractivity (Wildman–Crippen MR) is 91.2 cm³/mol. The molecule has 0 bridgehead atoms. The van der Waals surface area contributed by atoms with E-state index >= 15 is 0 Å². The van der Waals surface area contributed by atoms with Crippen molar-refractivity contribution in [1.29, 1.82) is 0 Å². The van der Waals surface area contributed by atoms with E-state index in [9.17, 15) is 14.4 Å². The number of benzene rings is 1. The predicted octanol–water partition coefficient (Wildman–Crippen LogP) is 1.18. The lowest BCUT2D eigenvalue weighted by molar-refractivity contribution is -0.141. The Morgan fingerprint density at radius 1 is 1.33 bits per heavy atom. The van der Waals surface area contributed by atoms with Crippen LogP contribution in [0.15, 0.2) is 36.9 Å². The smallest absolute Gasteiger partial charge is 0.251 e. The van der Waals surface area contributed by atoms with E-state index in [1.165, 1.54) is 6.08 Å². The van der Waals surface area contributed by atoms with Gasteiger partial charge in [-0.1, -0.05) is 18.7 Å². The Balaban J connectivity index is 2.02. The fraction of sp³-hybridized carbons (Fsp3) is 0.389. The van der Waals surface area contributed by atoms with Crippen LogP contribution in [0.1, 0.15) is 28.8 Å². The maximum Gasteiger partial charge on any atom is 0.251 e. The molecule has 24 heavy (non-hydrogen) atoms. The van der Waals surface area contributed by atoms with Crippen LogP contribution in [0.5, 0.6) is 0 Å². The summed E-state index contributed by atoms with van der Waals surface area (Å²) in [6.07, 6.45) is 2.76. The molecule has 2 rings (SSSR count). The first-order valence-corrected chi connectivity index (χ1v) is 7.97. The Morgan fingerprint density at radius 3 is 2.58 bits per heavy atom. The number of likely N-dealkylation sites (tertiary alicyclic amines) is 1. The zero-order valence-corrected chi connectivity index (χ0v) is 14.1. The minimum absolute atomic E-state index is 0.0712. The standard InChI is InChI=1S/C18H23N3O3/c1-4-16(22)21-11-5-6-15(21)18(24)20(3)12-13-7-9-14(10-8-13)17(23)19-2/h4,7-10,15H,1,5-6,11-12H2,2-3H3,(H,19,23). The molecule has 1 aromatic carbocycles. The molecule has 1 aliphatic heterocycles. The highest BCUT2D eigenvalue weighted by Gasteiger charge is 2.34. The fourth-order valence-electron chi connectivity index (χ4n) is 2.92. The van der Waals surface area contributed by atoms with Crippen LogP contribution >= 0.6 is 0 Å². The number of nitrogens with zero attached hydrogens (tertiary/aromatic N) is 2. The number of hydrogen-bond donors (Lipinski definition) is 1. The number of carbonyl (C=O) groups excluding carboxylic acids is 3. The molecule has 0 aromatic heterocycles. The summed E-state index contributed by atoms with van der Waals surface area (Å²) in [5.74, 6) is -0.414. The first kappa shape index (κ1) is 17.7. The van der Waals surface area contributed by atoms with E-state index in [1.807, 2.05) is 12.1 Å². The molecule has 1 N–H and O–H groups in total. The van der Waals surface area contributed by atoms with E-state index < -0.39 is 6.04 Å². The summed E-state index contributed by atoms with van der Waals surface area (Å²) >= 11 is 0. The lowest BCUT2D eigenvalue weighted by Gasteiger charge is -2.27. The molecule has 1 saturated heterocycles. The summed E-state index contributed by atoms with van der Waals surface area (Å²) in [5.41, 5.74) is 1.51. The van der Waals surface area contributed by atoms with Crippen molar-refractivity contribution in [3.8, 4) is 0 Å². The highest BCUT2D eigenvalue weighted by atomic mass is 16.2. The monoisotopic (exact) mass is 329 g/mol. The lowest BCUT2D eigenvalue weighted by Crippen LogP contribution is -2.45. The molecule has 0 radical (unpaired) electrons. The van der Waals surface area contributed by atoms with Gasteiger partial charge >= 0.3 is 0 Å². The van der Waals surface area contributed by atoms with Gasteiger partial charge in [0.15, 0.2) is 0 Å². The van der Waals surface area contributed by atoms with Crippen LogP contribution in [0.2, 0.25) is 0 Å². The molecule has 1 atom stereocenters. The van der Waals surface area contributed by atoms with Crippen molar-refractivity contribution in [3.63, 3.8) is 0 Å². The van der Waals surface area contributed by atoms with Crippen LogP contribution in [-0.4, -0.2) is 54.2 Å². The van der Waals surface area contributed by atoms with Gasteiger partial charge < -0.3 is 15.1 Å². The van der Waals surface area contributed by atoms with E-state index in [1.54, 1.807) is 36.0 Å². The van der Waals surface area contributed by atoms with Crippen molar-refractivity contribution in [2.75, 3.05) is 20.6 Å². The third kappa shape index (κ3) is 3.82. The Bertz CT molecular complexity index is 639. The van der Waals surface area contributed by atoms with Crippen molar-refractivity contribution in [2.24, 2.45) is 0 Å². The molecular formula is C18H23N3O3. The van der Waals surface area contributed by atoms with E-state index in [4.69, 9.17) is 0 Å². The van der Waals surface area contributed by atoms with Gasteiger partial charge in [0.05, 0.1) is 0 Å². The average Bonchev–Trinajstić information content (AvgIpc) is 3.09. The third-order valence-electron chi connectivity index (χ3n) is 4.23. The van der Waals surface area contributed by atoms with Crippen LogP contribution in [0.3, 0.4) is 0 Å². The van der Waals surface area contributed by atoms with E-state index in [-0.39, 0.29) is 17.7 Å². The SMILES string of the molecule is C=CC(=O)N1CCCC1C(=O)N(C)Cc1ccc(C(=O)NC)cc1. The summed E-state index contributed by atoms with van der Waals surface area (Å²) in [5, 5.41) is 2.57. The number of nitrogens with one attached hydrogen (secondary N) is 1. The Morgan fingerprint density at radius 2 is 2.00 bits per heavy atom. The van der Waals surface area contributed by atoms with Crippen molar-refractivity contribution in [2.45, 2.75) is 25.4 Å². The van der Waals surface area contributed by atoms with Crippen LogP contribution in [0, 0.1) is 0 Å². The molecule has 0 spiro atoms. The average molecular weight is 329 g/mol. The Kier molecular flexibility index (Phi) is 5.73. The first-order valence-electron chi connectivity index (χ1n) is 7.97. The van der Waals surface area contributed by atoms with Crippen LogP contribution in [0.25, 0.3) is 0 Å². The molecule has 1 fully saturated rings. The van der Waals surface area contributed by atoms with Gasteiger partial charge in [-0.05, 0) is 36.6 Å². The highest BCUT2D eigenvalue weighted by Crippen LogP contribution is 2.20. The maximum atomic E-state index is 12.6. The normalized spacial score (nSPS) is 16.6. The summed E-state index contributed by atoms with van der Waals surface area (Å²) in [6.45, 7) is 4.52. The molecule has 1 heterocycles. The van der Waals surface area contributed by atoms with Gasteiger partial charge in [-0.15, -0.1) is 0 Å². The number of amides is 3. The first-order chi connectivity index (χ1) is 11.5. The minimum atomic E-state index is -0.411. The van der Waals surface area contributed by atoms with E-state index in [0.717, 1.165) is 12.0 Å². The van der Waals surface area contributed by atoms with Gasteiger partial charge in [0.2, 0.25) is 11.8 Å². The van der Waals surface area contributed by atoms with Gasteiger partial charge in [-0.25, -0.2) is 0 Å². The van der Waals surface area contributed by atoms with E-state index in [0.29, 0.717) is 25.1 Å². The van der Waals surface area contributed by atoms with Crippen molar-refractivity contribution in [1.82, 2.24) is 15.1 Å². The van der Waals surface area contributed by atoms with Gasteiger partial charge in [-0.2, -0.15) is 0 Å². The molecule has 1 aliphatic rings. The quantitative estimate of drug-likeness (QED) is 0.825. The van der Waals surface area contributed by atoms with Crippen LogP contribution in [-0.2, 0) is 16.1 Å². The zero-order chi connectivity index (χ0) is 17.7. The number of carbonyl (C=O) groups is 3. The van der Waals surface area contributed by atoms with Crippen molar-refractivity contribution < 1.29 is 14.4 Å². The van der Waals surface area contributed by atoms with Crippen molar-refractivity contribution >= 4 is 17.7 Å². The van der Waals surface area contributed by atoms with Gasteiger partial charge in [0.1, 0.15) is 6.04 Å². The number of rotatable bonds is 5. The van der Waals surface area contributed by atoms with Gasteiger partial charge in [0, 0.05) is 32.7 Å². The molecular weight excluding hydrogens is 306 g/mol. The molecule has 3 amide bonds. The van der Waals surface area contributed by atoms with Gasteiger partial charge in [0.25, 0.3) is 5.91 Å². The second-order valence-corrected chi connectivity index (χ2v) is 5.86. The minimum Gasteiger partial charge on any atom is -0.355 e. The molecule has 128 valence electrons.